The molecule has 174 valence electrons. The maximum Gasteiger partial charge on any atom is 0.248 e. The molecule has 11 nitrogen and oxygen atoms in total. The van der Waals surface area contributed by atoms with Crippen LogP contribution in [0.25, 0.3) is 0 Å². The third-order valence-corrected chi connectivity index (χ3v) is 6.01. The predicted molar refractivity (Wildman–Crippen MR) is 129 cm³/mol. The van der Waals surface area contributed by atoms with Crippen LogP contribution in [0.2, 0.25) is 10.0 Å². The fraction of sp³-hybridized carbons (Fsp3) is 0.526. The number of halogens is 2. The number of anilines is 4. The molecule has 2 saturated heterocycles. The van der Waals surface area contributed by atoms with Gasteiger partial charge >= 0.3 is 0 Å². The molecular formula is C19H29Cl2N11. The number of nitrogens with two attached hydrogens (primary N) is 4. The molecule has 2 aromatic rings. The Balaban J connectivity index is 1.63. The highest BCUT2D eigenvalue weighted by Gasteiger charge is 2.28. The number of piperidine rings is 2. The molecule has 4 rings (SSSR count). The van der Waals surface area contributed by atoms with Gasteiger partial charge in [-0.25, -0.2) is 0 Å². The highest BCUT2D eigenvalue weighted by atomic mass is 35.5. The van der Waals surface area contributed by atoms with E-state index in [0.717, 1.165) is 12.8 Å². The number of aromatic nitrogens is 3. The van der Waals surface area contributed by atoms with E-state index in [2.05, 4.69) is 20.8 Å². The number of rotatable bonds is 5. The molecule has 4 atom stereocenters. The van der Waals surface area contributed by atoms with Gasteiger partial charge in [0.25, 0.3) is 0 Å². The van der Waals surface area contributed by atoms with E-state index in [4.69, 9.17) is 51.1 Å². The molecule has 1 aromatic heterocycles. The van der Waals surface area contributed by atoms with Crippen LogP contribution in [0.1, 0.15) is 12.8 Å². The molecule has 0 amide bonds. The molecule has 4 unspecified atom stereocenters. The Labute approximate surface area is 196 Å². The minimum absolute atomic E-state index is 0.0596. The Bertz CT molecular complexity index is 881. The minimum Gasteiger partial charge on any atom is -0.338 e. The number of nitrogens with zero attached hydrogens (tertiary/aromatic N) is 5. The molecule has 10 N–H and O–H groups in total. The lowest BCUT2D eigenvalue weighted by Gasteiger charge is -2.37. The zero-order chi connectivity index (χ0) is 22.8. The summed E-state index contributed by atoms with van der Waals surface area (Å²) in [5, 5.41) is 1.04. The zero-order valence-corrected chi connectivity index (χ0v) is 19.1. The van der Waals surface area contributed by atoms with Gasteiger partial charge in [0, 0.05) is 55.4 Å². The summed E-state index contributed by atoms with van der Waals surface area (Å²) in [7, 11) is 0. The number of hydrazine groups is 1. The van der Waals surface area contributed by atoms with Crippen LogP contribution < -0.4 is 43.6 Å². The third kappa shape index (κ3) is 5.61. The molecule has 0 spiro atoms. The molecule has 3 heterocycles. The average molecular weight is 482 g/mol. The summed E-state index contributed by atoms with van der Waals surface area (Å²) >= 11 is 12.3. The van der Waals surface area contributed by atoms with Gasteiger partial charge in [0.15, 0.2) is 0 Å². The highest BCUT2D eigenvalue weighted by molar-refractivity contribution is 6.35. The number of hydrogen-bond donors (Lipinski definition) is 6. The van der Waals surface area contributed by atoms with Crippen molar-refractivity contribution in [3.8, 4) is 0 Å². The Morgan fingerprint density at radius 1 is 0.750 bits per heavy atom. The maximum absolute atomic E-state index is 6.25. The van der Waals surface area contributed by atoms with Gasteiger partial charge in [-0.05, 0) is 31.0 Å². The fourth-order valence-electron chi connectivity index (χ4n) is 4.09. The quantitative estimate of drug-likeness (QED) is 0.325. The Morgan fingerprint density at radius 3 is 1.75 bits per heavy atom. The van der Waals surface area contributed by atoms with Gasteiger partial charge in [-0.15, -0.1) is 0 Å². The first-order chi connectivity index (χ1) is 15.3. The maximum atomic E-state index is 6.25. The van der Waals surface area contributed by atoms with Crippen LogP contribution >= 0.6 is 23.2 Å². The van der Waals surface area contributed by atoms with E-state index < -0.39 is 0 Å². The lowest BCUT2D eigenvalue weighted by atomic mass is 10.0. The van der Waals surface area contributed by atoms with Crippen molar-refractivity contribution in [1.82, 2.24) is 15.0 Å². The van der Waals surface area contributed by atoms with E-state index in [1.165, 1.54) is 0 Å². The van der Waals surface area contributed by atoms with Gasteiger partial charge in [0.2, 0.25) is 17.8 Å². The van der Waals surface area contributed by atoms with Crippen molar-refractivity contribution < 1.29 is 0 Å². The van der Waals surface area contributed by atoms with Crippen LogP contribution in [0.3, 0.4) is 0 Å². The topological polar surface area (TPSA) is 173 Å². The summed E-state index contributed by atoms with van der Waals surface area (Å²) in [5.41, 5.74) is 31.3. The molecule has 13 heteroatoms. The van der Waals surface area contributed by atoms with Crippen molar-refractivity contribution in [1.29, 1.82) is 0 Å². The Kier molecular flexibility index (Phi) is 7.03. The molecular weight excluding hydrogens is 453 g/mol. The van der Waals surface area contributed by atoms with Gasteiger partial charge in [-0.2, -0.15) is 15.0 Å². The molecule has 2 aliphatic heterocycles. The lowest BCUT2D eigenvalue weighted by molar-refractivity contribution is 0.441. The molecule has 1 aromatic carbocycles. The lowest BCUT2D eigenvalue weighted by Crippen LogP contribution is -2.54. The number of nitrogens with one attached hydrogen (secondary N) is 2. The van der Waals surface area contributed by atoms with Gasteiger partial charge in [0.05, 0.1) is 10.7 Å². The van der Waals surface area contributed by atoms with E-state index in [1.54, 1.807) is 18.2 Å². The van der Waals surface area contributed by atoms with E-state index in [0.29, 0.717) is 59.8 Å². The van der Waals surface area contributed by atoms with Crippen molar-refractivity contribution in [3.05, 3.63) is 28.2 Å². The van der Waals surface area contributed by atoms with Crippen LogP contribution in [-0.2, 0) is 0 Å². The second kappa shape index (κ2) is 9.77. The van der Waals surface area contributed by atoms with Crippen LogP contribution in [0.15, 0.2) is 18.2 Å². The molecule has 32 heavy (non-hydrogen) atoms. The van der Waals surface area contributed by atoms with E-state index >= 15 is 0 Å². The summed E-state index contributed by atoms with van der Waals surface area (Å²) < 4.78 is 0. The largest absolute Gasteiger partial charge is 0.338 e. The van der Waals surface area contributed by atoms with Crippen molar-refractivity contribution >= 4 is 46.7 Å². The molecule has 0 bridgehead atoms. The Hall–Kier alpha value is -2.15. The first kappa shape index (κ1) is 23.0. The molecule has 0 radical (unpaired) electrons. The van der Waals surface area contributed by atoms with Crippen LogP contribution in [0.4, 0.5) is 23.5 Å². The van der Waals surface area contributed by atoms with Gasteiger partial charge < -0.3 is 32.7 Å². The van der Waals surface area contributed by atoms with Crippen molar-refractivity contribution in [2.24, 2.45) is 22.9 Å². The van der Waals surface area contributed by atoms with Crippen molar-refractivity contribution in [3.63, 3.8) is 0 Å². The summed E-state index contributed by atoms with van der Waals surface area (Å²) in [6.45, 7) is 2.40. The summed E-state index contributed by atoms with van der Waals surface area (Å²) in [5.74, 6) is 1.27. The van der Waals surface area contributed by atoms with Crippen molar-refractivity contribution in [2.45, 2.75) is 37.0 Å². The summed E-state index contributed by atoms with van der Waals surface area (Å²) in [6.07, 6.45) is 1.51. The zero-order valence-electron chi connectivity index (χ0n) is 17.6. The Morgan fingerprint density at radius 2 is 1.25 bits per heavy atom. The normalized spacial score (nSPS) is 26.2. The van der Waals surface area contributed by atoms with Crippen LogP contribution in [0, 0.1) is 0 Å². The van der Waals surface area contributed by atoms with Gasteiger partial charge in [-0.3, -0.25) is 10.9 Å². The van der Waals surface area contributed by atoms with Crippen LogP contribution in [0.5, 0.6) is 0 Å². The first-order valence-corrected chi connectivity index (χ1v) is 11.3. The summed E-state index contributed by atoms with van der Waals surface area (Å²) in [4.78, 5) is 17.8. The first-order valence-electron chi connectivity index (χ1n) is 10.5. The number of hydrogen-bond acceptors (Lipinski definition) is 11. The van der Waals surface area contributed by atoms with Crippen molar-refractivity contribution in [2.75, 3.05) is 46.8 Å². The second-order valence-electron chi connectivity index (χ2n) is 8.45. The smallest absolute Gasteiger partial charge is 0.248 e. The monoisotopic (exact) mass is 481 g/mol. The van der Waals surface area contributed by atoms with Crippen LogP contribution in [-0.4, -0.2) is 65.3 Å². The highest BCUT2D eigenvalue weighted by Crippen LogP contribution is 2.26. The van der Waals surface area contributed by atoms with Gasteiger partial charge in [-0.1, -0.05) is 23.2 Å². The second-order valence-corrected chi connectivity index (χ2v) is 9.30. The SMILES string of the molecule is NC1CC(N)CN(c2nc(NNc3cc(Cl)ccc3Cl)nc(N3CC(N)CC(N)C3)n2)C1. The van der Waals surface area contributed by atoms with E-state index in [1.807, 2.05) is 9.80 Å². The van der Waals surface area contributed by atoms with Gasteiger partial charge in [0.1, 0.15) is 0 Å². The average Bonchev–Trinajstić information content (AvgIpc) is 2.73. The number of benzene rings is 1. The molecule has 2 fully saturated rings. The summed E-state index contributed by atoms with van der Waals surface area (Å²) in [6, 6.07) is 4.87. The van der Waals surface area contributed by atoms with E-state index in [-0.39, 0.29) is 24.2 Å². The third-order valence-electron chi connectivity index (χ3n) is 5.45. The minimum atomic E-state index is -0.0596. The molecule has 2 aliphatic rings. The predicted octanol–water partition coefficient (Wildman–Crippen LogP) is 0.347. The fourth-order valence-corrected chi connectivity index (χ4v) is 4.43. The van der Waals surface area contributed by atoms with E-state index in [9.17, 15) is 0 Å². The molecule has 0 saturated carbocycles. The molecule has 0 aliphatic carbocycles. The standard InChI is InChI=1S/C19H29Cl2N11/c20-10-1-2-15(21)16(3-10)29-30-17-26-18(31-6-11(22)4-12(23)7-31)28-19(27-17)32-8-13(24)5-14(25)9-32/h1-3,11-14,29H,4-9,22-25H2,(H,26,27,28,30).